The molecule has 0 radical (unpaired) electrons. The van der Waals surface area contributed by atoms with E-state index in [4.69, 9.17) is 23.7 Å². The van der Waals surface area contributed by atoms with Crippen molar-refractivity contribution in [2.45, 2.75) is 36.8 Å². The number of esters is 4. The number of benzene rings is 4. The van der Waals surface area contributed by atoms with Crippen molar-refractivity contribution in [2.75, 3.05) is 12.4 Å². The second-order valence-corrected chi connectivity index (χ2v) is 11.5. The number of hydrogen-bond donors (Lipinski definition) is 0. The molecule has 0 amide bonds. The van der Waals surface area contributed by atoms with Crippen molar-refractivity contribution in [3.63, 3.8) is 0 Å². The summed E-state index contributed by atoms with van der Waals surface area (Å²) in [6.07, 6.45) is -4.98. The van der Waals surface area contributed by atoms with Gasteiger partial charge in [-0.2, -0.15) is 0 Å². The second-order valence-electron chi connectivity index (χ2n) is 10.2. The predicted molar refractivity (Wildman–Crippen MR) is 170 cm³/mol. The Hall–Kier alpha value is -4.93. The van der Waals surface area contributed by atoms with Crippen LogP contribution in [-0.2, 0) is 23.7 Å². The van der Waals surface area contributed by atoms with Crippen molar-refractivity contribution in [3.8, 4) is 0 Å². The lowest BCUT2D eigenvalue weighted by atomic mass is 9.98. The van der Waals surface area contributed by atoms with Crippen LogP contribution in [0.4, 0.5) is 0 Å². The zero-order chi connectivity index (χ0) is 32.3. The molecular weight excluding hydrogens is 608 g/mol. The molecule has 236 valence electrons. The summed E-state index contributed by atoms with van der Waals surface area (Å²) in [7, 11) is 0. The summed E-state index contributed by atoms with van der Waals surface area (Å²) < 4.78 is 30.0. The van der Waals surface area contributed by atoms with Gasteiger partial charge in [0.1, 0.15) is 18.1 Å². The Labute approximate surface area is 270 Å². The molecule has 10 heteroatoms. The topological polar surface area (TPSA) is 114 Å². The van der Waals surface area contributed by atoms with E-state index >= 15 is 0 Å². The lowest BCUT2D eigenvalue weighted by molar-refractivity contribution is -0.207. The maximum Gasteiger partial charge on any atom is 0.338 e. The van der Waals surface area contributed by atoms with Crippen LogP contribution in [0.2, 0.25) is 0 Å². The molecular formula is C36H32O9S. The van der Waals surface area contributed by atoms with Crippen molar-refractivity contribution >= 4 is 35.6 Å². The summed E-state index contributed by atoms with van der Waals surface area (Å²) in [4.78, 5) is 53.2. The minimum Gasteiger partial charge on any atom is -0.459 e. The summed E-state index contributed by atoms with van der Waals surface area (Å²) in [5.74, 6) is -2.22. The van der Waals surface area contributed by atoms with Gasteiger partial charge >= 0.3 is 23.9 Å². The Balaban J connectivity index is 1.52. The maximum absolute atomic E-state index is 13.5. The number of hydrogen-bond acceptors (Lipinski definition) is 10. The van der Waals surface area contributed by atoms with E-state index in [-0.39, 0.29) is 23.3 Å². The molecule has 0 aromatic heterocycles. The first-order chi connectivity index (χ1) is 22.4. The highest BCUT2D eigenvalue weighted by molar-refractivity contribution is 7.99. The zero-order valence-electron chi connectivity index (χ0n) is 24.9. The van der Waals surface area contributed by atoms with Crippen LogP contribution < -0.4 is 0 Å². The predicted octanol–water partition coefficient (Wildman–Crippen LogP) is 6.00. The van der Waals surface area contributed by atoms with Gasteiger partial charge in [-0.3, -0.25) is 0 Å². The van der Waals surface area contributed by atoms with Crippen LogP contribution in [0, 0.1) is 0 Å². The Morgan fingerprint density at radius 2 is 0.913 bits per heavy atom. The second kappa shape index (κ2) is 15.9. The van der Waals surface area contributed by atoms with Gasteiger partial charge in [-0.15, -0.1) is 11.8 Å². The minimum absolute atomic E-state index is 0.235. The number of carbonyl (C=O) groups is 4. The third kappa shape index (κ3) is 8.21. The van der Waals surface area contributed by atoms with E-state index in [1.165, 1.54) is 11.8 Å². The van der Waals surface area contributed by atoms with E-state index in [9.17, 15) is 19.2 Å². The fourth-order valence-electron chi connectivity index (χ4n) is 4.83. The van der Waals surface area contributed by atoms with Gasteiger partial charge in [-0.25, -0.2) is 19.2 Å². The highest BCUT2D eigenvalue weighted by Crippen LogP contribution is 2.35. The molecule has 1 heterocycles. The highest BCUT2D eigenvalue weighted by Gasteiger charge is 2.53. The first kappa shape index (κ1) is 32.5. The minimum atomic E-state index is -1.34. The number of ether oxygens (including phenoxy) is 5. The fourth-order valence-corrected chi connectivity index (χ4v) is 5.78. The van der Waals surface area contributed by atoms with Gasteiger partial charge in [-0.1, -0.05) is 79.7 Å². The fraction of sp³-hybridized carbons (Fsp3) is 0.222. The summed E-state index contributed by atoms with van der Waals surface area (Å²) in [6.45, 7) is 1.54. The van der Waals surface area contributed by atoms with Crippen LogP contribution in [0.25, 0.3) is 0 Å². The number of carbonyl (C=O) groups excluding carboxylic acids is 4. The molecule has 1 unspecified atom stereocenters. The molecule has 1 aliphatic rings. The van der Waals surface area contributed by atoms with Gasteiger partial charge in [0, 0.05) is 0 Å². The van der Waals surface area contributed by atoms with Gasteiger partial charge in [0.05, 0.1) is 22.3 Å². The van der Waals surface area contributed by atoms with Crippen LogP contribution in [0.1, 0.15) is 48.4 Å². The van der Waals surface area contributed by atoms with Crippen molar-refractivity contribution in [1.29, 1.82) is 0 Å². The van der Waals surface area contributed by atoms with E-state index in [1.807, 2.05) is 6.92 Å². The quantitative estimate of drug-likeness (QED) is 0.143. The van der Waals surface area contributed by atoms with E-state index in [0.717, 1.165) is 0 Å². The standard InChI is InChI=1S/C36H32O9S/c1-2-46-36-31(45-35(40)27-21-13-6-14-22-27)30(44-34(39)26-19-11-5-12-20-26)29(43-33(38)25-17-9-4-10-18-25)28(42-36)23-41-32(37)24-15-7-3-8-16-24/h3-22,28-31,36H,2,23H2,1H3/t28-,29-,30+,31-,36?/m1/s1. The molecule has 1 saturated heterocycles. The molecule has 9 nitrogen and oxygen atoms in total. The van der Waals surface area contributed by atoms with E-state index in [2.05, 4.69) is 0 Å². The molecule has 1 fully saturated rings. The first-order valence-corrected chi connectivity index (χ1v) is 15.8. The molecule has 4 aromatic rings. The molecule has 5 rings (SSSR count). The molecule has 0 bridgehead atoms. The Morgan fingerprint density at radius 3 is 1.33 bits per heavy atom. The largest absolute Gasteiger partial charge is 0.459 e. The normalized spacial score (nSPS) is 20.6. The van der Waals surface area contributed by atoms with Crippen molar-refractivity contribution in [1.82, 2.24) is 0 Å². The van der Waals surface area contributed by atoms with E-state index < -0.39 is 53.7 Å². The highest BCUT2D eigenvalue weighted by atomic mass is 32.2. The summed E-state index contributed by atoms with van der Waals surface area (Å²) in [5, 5.41) is 0. The Kier molecular flexibility index (Phi) is 11.2. The first-order valence-electron chi connectivity index (χ1n) is 14.7. The van der Waals surface area contributed by atoms with Crippen molar-refractivity contribution < 1.29 is 42.9 Å². The SMILES string of the molecule is CCSC1O[C@H](COC(=O)c2ccccc2)[C@@H](OC(=O)c2ccccc2)[C@H](OC(=O)c2ccccc2)[C@H]1OC(=O)c1ccccc1. The lowest BCUT2D eigenvalue weighted by Crippen LogP contribution is -2.61. The molecule has 0 spiro atoms. The zero-order valence-corrected chi connectivity index (χ0v) is 25.7. The average molecular weight is 641 g/mol. The lowest BCUT2D eigenvalue weighted by Gasteiger charge is -2.44. The maximum atomic E-state index is 13.5. The molecule has 0 saturated carbocycles. The molecule has 0 aliphatic carbocycles. The third-order valence-electron chi connectivity index (χ3n) is 7.07. The van der Waals surface area contributed by atoms with Crippen LogP contribution in [-0.4, -0.2) is 66.1 Å². The average Bonchev–Trinajstić information content (AvgIpc) is 3.11. The summed E-state index contributed by atoms with van der Waals surface area (Å²) in [5.41, 5.74) is 0.184. The van der Waals surface area contributed by atoms with Gasteiger partial charge < -0.3 is 23.7 Å². The van der Waals surface area contributed by atoms with Gasteiger partial charge in [0.15, 0.2) is 18.3 Å². The van der Waals surface area contributed by atoms with Gasteiger partial charge in [0.2, 0.25) is 0 Å². The molecule has 5 atom stereocenters. The van der Waals surface area contributed by atoms with E-state index in [0.29, 0.717) is 11.3 Å². The van der Waals surface area contributed by atoms with Crippen LogP contribution >= 0.6 is 11.8 Å². The smallest absolute Gasteiger partial charge is 0.338 e. The molecule has 4 aromatic carbocycles. The van der Waals surface area contributed by atoms with Crippen molar-refractivity contribution in [3.05, 3.63) is 144 Å². The Bertz CT molecular complexity index is 1600. The Morgan fingerprint density at radius 1 is 0.543 bits per heavy atom. The van der Waals surface area contributed by atoms with Crippen molar-refractivity contribution in [2.24, 2.45) is 0 Å². The van der Waals surface area contributed by atoms with Crippen LogP contribution in [0.15, 0.2) is 121 Å². The summed E-state index contributed by atoms with van der Waals surface area (Å²) >= 11 is 1.30. The molecule has 46 heavy (non-hydrogen) atoms. The molecule has 1 aliphatic heterocycles. The third-order valence-corrected chi connectivity index (χ3v) is 8.11. The van der Waals surface area contributed by atoms with Crippen LogP contribution in [0.3, 0.4) is 0 Å². The molecule has 0 N–H and O–H groups in total. The number of thioether (sulfide) groups is 1. The van der Waals surface area contributed by atoms with E-state index in [1.54, 1.807) is 121 Å². The monoisotopic (exact) mass is 640 g/mol. The summed E-state index contributed by atoms with van der Waals surface area (Å²) in [6, 6.07) is 33.3. The van der Waals surface area contributed by atoms with Gasteiger partial charge in [0.25, 0.3) is 0 Å². The van der Waals surface area contributed by atoms with Crippen LogP contribution in [0.5, 0.6) is 0 Å². The number of rotatable bonds is 11. The van der Waals surface area contributed by atoms with Gasteiger partial charge in [-0.05, 0) is 54.3 Å².